The Morgan fingerprint density at radius 2 is 1.57 bits per heavy atom. The molecular formula is C19H33NO. The van der Waals surface area contributed by atoms with E-state index in [1.54, 1.807) is 0 Å². The number of rotatable bonds is 10. The zero-order chi connectivity index (χ0) is 15.7. The lowest BCUT2D eigenvalue weighted by molar-refractivity contribution is 0.322. The van der Waals surface area contributed by atoms with Crippen LogP contribution < -0.4 is 10.1 Å². The Morgan fingerprint density at radius 1 is 1.00 bits per heavy atom. The first kappa shape index (κ1) is 18.0. The molecule has 1 aromatic rings. The molecule has 2 nitrogen and oxygen atoms in total. The summed E-state index contributed by atoms with van der Waals surface area (Å²) < 4.78 is 5.58. The van der Waals surface area contributed by atoms with Crippen LogP contribution in [0.2, 0.25) is 0 Å². The van der Waals surface area contributed by atoms with Crippen LogP contribution in [0.4, 0.5) is 0 Å². The second-order valence-electron chi connectivity index (χ2n) is 6.27. The van der Waals surface area contributed by atoms with E-state index in [9.17, 15) is 0 Å². The zero-order valence-electron chi connectivity index (χ0n) is 14.5. The normalized spacial score (nSPS) is 11.9. The highest BCUT2D eigenvalue weighted by atomic mass is 16.5. The Balaban J connectivity index is 3.01. The van der Waals surface area contributed by atoms with Crippen LogP contribution in [0.1, 0.15) is 65.9 Å². The van der Waals surface area contributed by atoms with Gasteiger partial charge in [-0.05, 0) is 37.5 Å². The maximum absolute atomic E-state index is 5.58. The molecule has 0 saturated heterocycles. The van der Waals surface area contributed by atoms with Crippen LogP contribution in [0, 0.1) is 0 Å². The highest BCUT2D eigenvalue weighted by Gasteiger charge is 2.30. The van der Waals surface area contributed by atoms with Gasteiger partial charge in [0, 0.05) is 18.0 Å². The number of hydrogen-bond acceptors (Lipinski definition) is 2. The van der Waals surface area contributed by atoms with Crippen LogP contribution in [0.25, 0.3) is 0 Å². The van der Waals surface area contributed by atoms with Crippen molar-refractivity contribution in [3.05, 3.63) is 29.8 Å². The van der Waals surface area contributed by atoms with Crippen LogP contribution in [0.3, 0.4) is 0 Å². The first-order chi connectivity index (χ1) is 10.1. The molecule has 0 aromatic heterocycles. The van der Waals surface area contributed by atoms with Crippen LogP contribution in [-0.4, -0.2) is 19.2 Å². The highest BCUT2D eigenvalue weighted by molar-refractivity contribution is 5.33. The molecule has 0 aliphatic carbocycles. The van der Waals surface area contributed by atoms with E-state index in [-0.39, 0.29) is 5.41 Å². The molecule has 0 bridgehead atoms. The van der Waals surface area contributed by atoms with Gasteiger partial charge >= 0.3 is 0 Å². The summed E-state index contributed by atoms with van der Waals surface area (Å²) in [5, 5.41) is 3.66. The van der Waals surface area contributed by atoms with E-state index < -0.39 is 0 Å². The van der Waals surface area contributed by atoms with Crippen molar-refractivity contribution >= 4 is 0 Å². The Hall–Kier alpha value is -1.02. The molecule has 0 aliphatic rings. The molecule has 1 aromatic carbocycles. The summed E-state index contributed by atoms with van der Waals surface area (Å²) in [5.74, 6) is 0.972. The Bertz CT molecular complexity index is 377. The molecule has 2 heteroatoms. The van der Waals surface area contributed by atoms with E-state index in [4.69, 9.17) is 4.74 Å². The second-order valence-corrected chi connectivity index (χ2v) is 6.27. The van der Waals surface area contributed by atoms with Gasteiger partial charge in [-0.2, -0.15) is 0 Å². The first-order valence-corrected chi connectivity index (χ1v) is 8.54. The summed E-state index contributed by atoms with van der Waals surface area (Å²) in [6, 6.07) is 9.29. The summed E-state index contributed by atoms with van der Waals surface area (Å²) in [5.41, 5.74) is 1.70. The average Bonchev–Trinajstić information content (AvgIpc) is 2.46. The summed E-state index contributed by atoms with van der Waals surface area (Å²) in [6.45, 7) is 12.8. The Morgan fingerprint density at radius 3 is 2.00 bits per heavy atom. The number of nitrogens with one attached hydrogen (secondary N) is 1. The predicted octanol–water partition coefficient (Wildman–Crippen LogP) is 4.92. The monoisotopic (exact) mass is 291 g/mol. The maximum Gasteiger partial charge on any atom is 0.119 e. The molecule has 0 amide bonds. The van der Waals surface area contributed by atoms with Crippen molar-refractivity contribution in [1.29, 1.82) is 0 Å². The standard InChI is InChI=1S/C19H33NO/c1-6-13-19(14-7-2,15-20-16(4)5)17-9-11-18(12-10-17)21-8-3/h9-12,16,20H,6-8,13-15H2,1-5H3. The van der Waals surface area contributed by atoms with E-state index in [2.05, 4.69) is 57.3 Å². The molecule has 0 aliphatic heterocycles. The largest absolute Gasteiger partial charge is 0.494 e. The van der Waals surface area contributed by atoms with E-state index in [1.165, 1.54) is 31.2 Å². The van der Waals surface area contributed by atoms with Crippen molar-refractivity contribution in [2.24, 2.45) is 0 Å². The van der Waals surface area contributed by atoms with E-state index in [0.717, 1.165) is 18.9 Å². The van der Waals surface area contributed by atoms with Gasteiger partial charge in [0.15, 0.2) is 0 Å². The second kappa shape index (κ2) is 9.09. The predicted molar refractivity (Wildman–Crippen MR) is 92.2 cm³/mol. The molecule has 21 heavy (non-hydrogen) atoms. The minimum absolute atomic E-state index is 0.249. The van der Waals surface area contributed by atoms with Crippen molar-refractivity contribution in [2.75, 3.05) is 13.2 Å². The molecule has 0 heterocycles. The SMILES string of the molecule is CCCC(CCC)(CNC(C)C)c1ccc(OCC)cc1. The van der Waals surface area contributed by atoms with Crippen LogP contribution >= 0.6 is 0 Å². The van der Waals surface area contributed by atoms with Crippen molar-refractivity contribution in [3.8, 4) is 5.75 Å². The third-order valence-electron chi connectivity index (χ3n) is 4.08. The lowest BCUT2D eigenvalue weighted by atomic mass is 9.73. The first-order valence-electron chi connectivity index (χ1n) is 8.54. The van der Waals surface area contributed by atoms with Gasteiger partial charge in [0.05, 0.1) is 6.61 Å². The average molecular weight is 291 g/mol. The number of benzene rings is 1. The van der Waals surface area contributed by atoms with Gasteiger partial charge < -0.3 is 10.1 Å². The molecule has 120 valence electrons. The fourth-order valence-corrected chi connectivity index (χ4v) is 3.12. The topological polar surface area (TPSA) is 21.3 Å². The third kappa shape index (κ3) is 5.35. The summed E-state index contributed by atoms with van der Waals surface area (Å²) in [4.78, 5) is 0. The van der Waals surface area contributed by atoms with Gasteiger partial charge in [-0.3, -0.25) is 0 Å². The Kier molecular flexibility index (Phi) is 7.81. The maximum atomic E-state index is 5.58. The van der Waals surface area contributed by atoms with Gasteiger partial charge in [-0.1, -0.05) is 52.7 Å². The minimum Gasteiger partial charge on any atom is -0.494 e. The van der Waals surface area contributed by atoms with Crippen LogP contribution in [-0.2, 0) is 5.41 Å². The van der Waals surface area contributed by atoms with Crippen LogP contribution in [0.15, 0.2) is 24.3 Å². The Labute approximate surface area is 131 Å². The minimum atomic E-state index is 0.249. The molecule has 1 N–H and O–H groups in total. The zero-order valence-corrected chi connectivity index (χ0v) is 14.5. The highest BCUT2D eigenvalue weighted by Crippen LogP contribution is 2.35. The molecule has 0 fully saturated rings. The van der Waals surface area contributed by atoms with Crippen molar-refractivity contribution < 1.29 is 4.74 Å². The fourth-order valence-electron chi connectivity index (χ4n) is 3.12. The molecule has 0 spiro atoms. The number of hydrogen-bond donors (Lipinski definition) is 1. The van der Waals surface area contributed by atoms with Crippen molar-refractivity contribution in [3.63, 3.8) is 0 Å². The smallest absolute Gasteiger partial charge is 0.119 e. The molecule has 0 saturated carbocycles. The van der Waals surface area contributed by atoms with Gasteiger partial charge in [0.1, 0.15) is 5.75 Å². The van der Waals surface area contributed by atoms with E-state index >= 15 is 0 Å². The quantitative estimate of drug-likeness (QED) is 0.660. The molecule has 0 unspecified atom stereocenters. The molecule has 0 atom stereocenters. The summed E-state index contributed by atoms with van der Waals surface area (Å²) >= 11 is 0. The van der Waals surface area contributed by atoms with Crippen LogP contribution in [0.5, 0.6) is 5.75 Å². The van der Waals surface area contributed by atoms with Gasteiger partial charge in [-0.15, -0.1) is 0 Å². The van der Waals surface area contributed by atoms with Gasteiger partial charge in [-0.25, -0.2) is 0 Å². The number of ether oxygens (including phenoxy) is 1. The summed E-state index contributed by atoms with van der Waals surface area (Å²) in [7, 11) is 0. The molecule has 1 rings (SSSR count). The van der Waals surface area contributed by atoms with E-state index in [0.29, 0.717) is 6.04 Å². The van der Waals surface area contributed by atoms with Gasteiger partial charge in [0.25, 0.3) is 0 Å². The summed E-state index contributed by atoms with van der Waals surface area (Å²) in [6.07, 6.45) is 4.89. The third-order valence-corrected chi connectivity index (χ3v) is 4.08. The fraction of sp³-hybridized carbons (Fsp3) is 0.684. The lowest BCUT2D eigenvalue weighted by Crippen LogP contribution is -2.41. The lowest BCUT2D eigenvalue weighted by Gasteiger charge is -2.35. The van der Waals surface area contributed by atoms with Gasteiger partial charge in [0.2, 0.25) is 0 Å². The van der Waals surface area contributed by atoms with Crippen molar-refractivity contribution in [1.82, 2.24) is 5.32 Å². The molecule has 0 radical (unpaired) electrons. The van der Waals surface area contributed by atoms with E-state index in [1.807, 2.05) is 6.92 Å². The van der Waals surface area contributed by atoms with Crippen molar-refractivity contribution in [2.45, 2.75) is 71.8 Å². The molecular weight excluding hydrogens is 258 g/mol.